The van der Waals surface area contributed by atoms with Gasteiger partial charge in [-0.25, -0.2) is 9.59 Å². The zero-order valence-corrected chi connectivity index (χ0v) is 11.2. The van der Waals surface area contributed by atoms with Crippen LogP contribution in [0.15, 0.2) is 0 Å². The highest BCUT2D eigenvalue weighted by atomic mass is 16.5. The van der Waals surface area contributed by atoms with Gasteiger partial charge in [0.05, 0.1) is 6.61 Å². The lowest BCUT2D eigenvalue weighted by molar-refractivity contribution is -0.141. The lowest BCUT2D eigenvalue weighted by atomic mass is 10.0. The van der Waals surface area contributed by atoms with Crippen LogP contribution in [0.2, 0.25) is 0 Å². The fraction of sp³-hybridized carbons (Fsp3) is 0.833. The summed E-state index contributed by atoms with van der Waals surface area (Å²) in [5.74, 6) is -0.667. The molecule has 1 saturated heterocycles. The Hall–Kier alpha value is -1.30. The second-order valence-corrected chi connectivity index (χ2v) is 4.74. The first kappa shape index (κ1) is 14.8. The topological polar surface area (TPSA) is 78.9 Å². The number of rotatable bonds is 5. The highest BCUT2D eigenvalue weighted by molar-refractivity contribution is 5.82. The summed E-state index contributed by atoms with van der Waals surface area (Å²) >= 11 is 0. The van der Waals surface area contributed by atoms with Crippen molar-refractivity contribution in [2.75, 3.05) is 20.3 Å². The Bertz CT molecular complexity index is 302. The Morgan fingerprint density at radius 3 is 2.67 bits per heavy atom. The number of nitrogens with zero attached hydrogens (tertiary/aromatic N) is 1. The quantitative estimate of drug-likeness (QED) is 0.768. The number of hydrogen-bond donors (Lipinski definition) is 2. The molecule has 0 aliphatic carbocycles. The van der Waals surface area contributed by atoms with E-state index in [0.717, 1.165) is 13.0 Å². The number of hydrogen-bond acceptors (Lipinski definition) is 3. The summed E-state index contributed by atoms with van der Waals surface area (Å²) in [5.41, 5.74) is 0. The Morgan fingerprint density at radius 2 is 2.22 bits per heavy atom. The van der Waals surface area contributed by atoms with Crippen molar-refractivity contribution in [3.8, 4) is 0 Å². The van der Waals surface area contributed by atoms with Gasteiger partial charge in [0, 0.05) is 25.6 Å². The molecule has 1 fully saturated rings. The molecular weight excluding hydrogens is 236 g/mol. The van der Waals surface area contributed by atoms with Crippen LogP contribution in [0.4, 0.5) is 4.79 Å². The first-order chi connectivity index (χ1) is 8.47. The Morgan fingerprint density at radius 1 is 1.56 bits per heavy atom. The van der Waals surface area contributed by atoms with Crippen LogP contribution in [-0.2, 0) is 9.53 Å². The van der Waals surface area contributed by atoms with Crippen LogP contribution in [0.25, 0.3) is 0 Å². The summed E-state index contributed by atoms with van der Waals surface area (Å²) in [4.78, 5) is 24.1. The lowest BCUT2D eigenvalue weighted by Gasteiger charge is -2.27. The fourth-order valence-corrected chi connectivity index (χ4v) is 2.12. The highest BCUT2D eigenvalue weighted by Crippen LogP contribution is 2.16. The molecule has 0 aromatic carbocycles. The van der Waals surface area contributed by atoms with Gasteiger partial charge in [-0.15, -0.1) is 0 Å². The highest BCUT2D eigenvalue weighted by Gasteiger charge is 2.28. The number of carboxylic acids is 1. The van der Waals surface area contributed by atoms with Gasteiger partial charge >= 0.3 is 12.0 Å². The third-order valence-electron chi connectivity index (χ3n) is 3.48. The molecule has 3 unspecified atom stereocenters. The van der Waals surface area contributed by atoms with Crippen molar-refractivity contribution in [3.05, 3.63) is 0 Å². The van der Waals surface area contributed by atoms with Crippen LogP contribution in [0.1, 0.15) is 26.7 Å². The Kier molecular flexibility index (Phi) is 5.40. The number of amides is 2. The van der Waals surface area contributed by atoms with Crippen molar-refractivity contribution in [3.63, 3.8) is 0 Å². The molecule has 1 aliphatic heterocycles. The molecular formula is C12H22N2O4. The first-order valence-corrected chi connectivity index (χ1v) is 6.31. The number of carbonyl (C=O) groups is 2. The molecule has 0 bridgehead atoms. The van der Waals surface area contributed by atoms with Gasteiger partial charge in [0.15, 0.2) is 0 Å². The van der Waals surface area contributed by atoms with E-state index in [0.29, 0.717) is 18.9 Å². The molecule has 0 spiro atoms. The van der Waals surface area contributed by atoms with E-state index in [2.05, 4.69) is 5.32 Å². The van der Waals surface area contributed by atoms with Crippen molar-refractivity contribution < 1.29 is 19.4 Å². The maximum Gasteiger partial charge on any atom is 0.326 e. The zero-order valence-electron chi connectivity index (χ0n) is 11.2. The monoisotopic (exact) mass is 258 g/mol. The number of carbonyl (C=O) groups excluding carboxylic acids is 1. The van der Waals surface area contributed by atoms with Gasteiger partial charge < -0.3 is 20.1 Å². The molecule has 0 aromatic heterocycles. The molecule has 2 N–H and O–H groups in total. The molecule has 0 radical (unpaired) electrons. The minimum absolute atomic E-state index is 0.00579. The van der Waals surface area contributed by atoms with Gasteiger partial charge in [0.1, 0.15) is 6.04 Å². The average Bonchev–Trinajstić information content (AvgIpc) is 2.82. The lowest BCUT2D eigenvalue weighted by Crippen LogP contribution is -2.50. The number of aliphatic carboxylic acids is 1. The van der Waals surface area contributed by atoms with Crippen LogP contribution in [0.5, 0.6) is 0 Å². The van der Waals surface area contributed by atoms with Crippen LogP contribution in [-0.4, -0.2) is 54.4 Å². The maximum absolute atomic E-state index is 11.9. The van der Waals surface area contributed by atoms with Crippen molar-refractivity contribution in [2.24, 2.45) is 5.92 Å². The third-order valence-corrected chi connectivity index (χ3v) is 3.48. The number of carboxylic acid groups (broad SMARTS) is 1. The average molecular weight is 258 g/mol. The number of nitrogens with one attached hydrogen (secondary N) is 1. The van der Waals surface area contributed by atoms with Gasteiger partial charge in [-0.1, -0.05) is 6.92 Å². The molecule has 1 aliphatic rings. The summed E-state index contributed by atoms with van der Waals surface area (Å²) < 4.78 is 5.27. The molecule has 1 heterocycles. The van der Waals surface area contributed by atoms with Crippen LogP contribution in [0.3, 0.4) is 0 Å². The molecule has 2 amide bonds. The van der Waals surface area contributed by atoms with Crippen molar-refractivity contribution in [1.29, 1.82) is 0 Å². The molecule has 6 nitrogen and oxygen atoms in total. The molecule has 6 heteroatoms. The van der Waals surface area contributed by atoms with Crippen molar-refractivity contribution in [2.45, 2.75) is 38.8 Å². The van der Waals surface area contributed by atoms with Crippen LogP contribution in [0, 0.1) is 5.92 Å². The van der Waals surface area contributed by atoms with Gasteiger partial charge in [0.2, 0.25) is 0 Å². The largest absolute Gasteiger partial charge is 0.480 e. The van der Waals surface area contributed by atoms with E-state index in [4.69, 9.17) is 9.84 Å². The Balaban J connectivity index is 2.50. The maximum atomic E-state index is 11.9. The van der Waals surface area contributed by atoms with Crippen molar-refractivity contribution >= 4 is 12.0 Å². The minimum atomic E-state index is -0.980. The summed E-state index contributed by atoms with van der Waals surface area (Å²) in [5, 5.41) is 11.8. The van der Waals surface area contributed by atoms with Gasteiger partial charge in [-0.3, -0.25) is 0 Å². The molecule has 1 rings (SSSR count). The number of ether oxygens (including phenoxy) is 1. The van der Waals surface area contributed by atoms with E-state index in [1.54, 1.807) is 6.92 Å². The molecule has 0 aromatic rings. The van der Waals surface area contributed by atoms with Crippen molar-refractivity contribution in [1.82, 2.24) is 10.2 Å². The van der Waals surface area contributed by atoms with E-state index in [1.165, 1.54) is 11.9 Å². The fourth-order valence-electron chi connectivity index (χ4n) is 2.12. The summed E-state index contributed by atoms with van der Waals surface area (Å²) in [7, 11) is 1.51. The van der Waals surface area contributed by atoms with Gasteiger partial charge in [-0.2, -0.15) is 0 Å². The van der Waals surface area contributed by atoms with Gasteiger partial charge in [-0.05, 0) is 19.8 Å². The molecule has 3 atom stereocenters. The third kappa shape index (κ3) is 3.60. The second kappa shape index (κ2) is 6.58. The predicted octanol–water partition coefficient (Wildman–Crippen LogP) is 0.916. The molecule has 18 heavy (non-hydrogen) atoms. The summed E-state index contributed by atoms with van der Waals surface area (Å²) in [6, 6.07) is -1.13. The Labute approximate surface area is 107 Å². The smallest absolute Gasteiger partial charge is 0.326 e. The summed E-state index contributed by atoms with van der Waals surface area (Å²) in [6.45, 7) is 5.05. The van der Waals surface area contributed by atoms with Crippen LogP contribution < -0.4 is 5.32 Å². The van der Waals surface area contributed by atoms with E-state index >= 15 is 0 Å². The zero-order chi connectivity index (χ0) is 13.7. The van der Waals surface area contributed by atoms with E-state index in [9.17, 15) is 9.59 Å². The van der Waals surface area contributed by atoms with Gasteiger partial charge in [0.25, 0.3) is 0 Å². The summed E-state index contributed by atoms with van der Waals surface area (Å²) in [6.07, 6.45) is 1.32. The number of likely N-dealkylation sites (N-methyl/N-ethyl adjacent to an activating group) is 1. The minimum Gasteiger partial charge on any atom is -0.480 e. The first-order valence-electron chi connectivity index (χ1n) is 6.31. The standard InChI is InChI=1S/C12H22N2O4/c1-4-10(11(15)16)14(3)12(17)13-8(2)9-5-6-18-7-9/h8-10H,4-7H2,1-3H3,(H,13,17)(H,15,16). The molecule has 104 valence electrons. The SMILES string of the molecule is CCC(C(=O)O)N(C)C(=O)NC(C)C1CCOC1. The van der Waals surface area contributed by atoms with E-state index in [1.807, 2.05) is 6.92 Å². The van der Waals surface area contributed by atoms with E-state index < -0.39 is 12.0 Å². The normalized spacial score (nSPS) is 22.3. The second-order valence-electron chi connectivity index (χ2n) is 4.74. The predicted molar refractivity (Wildman–Crippen MR) is 66.4 cm³/mol. The molecule has 0 saturated carbocycles. The number of urea groups is 1. The van der Waals surface area contributed by atoms with Crippen LogP contribution >= 0.6 is 0 Å². The van der Waals surface area contributed by atoms with E-state index in [-0.39, 0.29) is 12.1 Å².